The van der Waals surface area contributed by atoms with E-state index in [1.165, 1.54) is 4.90 Å². The third kappa shape index (κ3) is 1.49. The van der Waals surface area contributed by atoms with Gasteiger partial charge in [0, 0.05) is 5.39 Å². The van der Waals surface area contributed by atoms with Gasteiger partial charge in [0.2, 0.25) is 11.8 Å². The zero-order chi connectivity index (χ0) is 15.8. The zero-order valence-corrected chi connectivity index (χ0v) is 12.6. The van der Waals surface area contributed by atoms with Crippen LogP contribution in [-0.4, -0.2) is 23.5 Å². The topological polar surface area (TPSA) is 46.6 Å². The van der Waals surface area contributed by atoms with Gasteiger partial charge in [-0.15, -0.1) is 0 Å². The van der Waals surface area contributed by atoms with Crippen LogP contribution in [0.15, 0.2) is 54.6 Å². The SMILES string of the molecule is C[C@@]12C=C[C@@H](O1)[C@@H]1C(=O)N(c3cccc4ccccc34)C(=O)[C@H]12. The molecule has 4 atom stereocenters. The summed E-state index contributed by atoms with van der Waals surface area (Å²) in [6.07, 6.45) is 3.57. The standard InChI is InChI=1S/C19H15NO3/c1-19-10-9-14(23-19)15-16(19)18(22)20(17(15)21)13-8-4-6-11-5-2-3-7-12(11)13/h2-10,14-16H,1H3/t14-,15+,16+,19+/m1/s1. The Morgan fingerprint density at radius 1 is 1.04 bits per heavy atom. The summed E-state index contributed by atoms with van der Waals surface area (Å²) in [7, 11) is 0. The van der Waals surface area contributed by atoms with E-state index < -0.39 is 17.4 Å². The van der Waals surface area contributed by atoms with E-state index in [1.54, 1.807) is 0 Å². The Hall–Kier alpha value is -2.46. The highest BCUT2D eigenvalue weighted by molar-refractivity contribution is 6.26. The molecule has 2 bridgehead atoms. The van der Waals surface area contributed by atoms with Gasteiger partial charge in [-0.3, -0.25) is 9.59 Å². The molecule has 2 fully saturated rings. The summed E-state index contributed by atoms with van der Waals surface area (Å²) >= 11 is 0. The molecule has 2 aromatic rings. The molecule has 0 unspecified atom stereocenters. The molecular weight excluding hydrogens is 290 g/mol. The van der Waals surface area contributed by atoms with Gasteiger partial charge >= 0.3 is 0 Å². The van der Waals surface area contributed by atoms with Gasteiger partial charge in [0.05, 0.1) is 29.2 Å². The summed E-state index contributed by atoms with van der Waals surface area (Å²) in [6, 6.07) is 13.5. The first kappa shape index (κ1) is 13.0. The van der Waals surface area contributed by atoms with E-state index in [2.05, 4.69) is 0 Å². The highest BCUT2D eigenvalue weighted by Gasteiger charge is 2.66. The number of ether oxygens (including phenoxy) is 1. The molecule has 0 radical (unpaired) electrons. The molecule has 4 heteroatoms. The van der Waals surface area contributed by atoms with Gasteiger partial charge in [0.25, 0.3) is 0 Å². The van der Waals surface area contributed by atoms with E-state index in [0.717, 1.165) is 10.8 Å². The van der Waals surface area contributed by atoms with Crippen molar-refractivity contribution >= 4 is 28.3 Å². The Morgan fingerprint density at radius 2 is 1.83 bits per heavy atom. The van der Waals surface area contributed by atoms with Crippen molar-refractivity contribution in [3.8, 4) is 0 Å². The van der Waals surface area contributed by atoms with Crippen LogP contribution < -0.4 is 4.90 Å². The van der Waals surface area contributed by atoms with Crippen molar-refractivity contribution < 1.29 is 14.3 Å². The Labute approximate surface area is 133 Å². The second kappa shape index (κ2) is 4.09. The van der Waals surface area contributed by atoms with Gasteiger partial charge in [0.15, 0.2) is 0 Å². The summed E-state index contributed by atoms with van der Waals surface area (Å²) < 4.78 is 5.86. The summed E-state index contributed by atoms with van der Waals surface area (Å²) in [5, 5.41) is 1.94. The maximum absolute atomic E-state index is 13.0. The number of anilines is 1. The van der Waals surface area contributed by atoms with Crippen LogP contribution in [0.5, 0.6) is 0 Å². The molecule has 0 saturated carbocycles. The predicted molar refractivity (Wildman–Crippen MR) is 85.8 cm³/mol. The molecule has 3 aliphatic rings. The van der Waals surface area contributed by atoms with Crippen LogP contribution in [0.3, 0.4) is 0 Å². The van der Waals surface area contributed by atoms with Gasteiger partial charge < -0.3 is 4.74 Å². The molecule has 2 saturated heterocycles. The normalized spacial score (nSPS) is 34.7. The first-order valence-electron chi connectivity index (χ1n) is 7.83. The molecule has 0 spiro atoms. The van der Waals surface area contributed by atoms with Crippen LogP contribution in [0.25, 0.3) is 10.8 Å². The van der Waals surface area contributed by atoms with Crippen LogP contribution in [0.4, 0.5) is 5.69 Å². The molecule has 0 N–H and O–H groups in total. The fourth-order valence-electron chi connectivity index (χ4n) is 4.29. The van der Waals surface area contributed by atoms with E-state index in [-0.39, 0.29) is 17.9 Å². The minimum Gasteiger partial charge on any atom is -0.362 e. The average molecular weight is 305 g/mol. The van der Waals surface area contributed by atoms with Crippen molar-refractivity contribution in [3.63, 3.8) is 0 Å². The number of benzene rings is 2. The number of hydrogen-bond acceptors (Lipinski definition) is 3. The highest BCUT2D eigenvalue weighted by atomic mass is 16.5. The van der Waals surface area contributed by atoms with Gasteiger partial charge in [-0.05, 0) is 18.4 Å². The second-order valence-corrected chi connectivity index (χ2v) is 6.64. The Balaban J connectivity index is 1.68. The lowest BCUT2D eigenvalue weighted by Gasteiger charge is -2.24. The molecular formula is C19H15NO3. The minimum atomic E-state index is -0.651. The smallest absolute Gasteiger partial charge is 0.241 e. The van der Waals surface area contributed by atoms with Crippen LogP contribution >= 0.6 is 0 Å². The maximum Gasteiger partial charge on any atom is 0.241 e. The molecule has 23 heavy (non-hydrogen) atoms. The molecule has 2 amide bonds. The number of fused-ring (bicyclic) bond motifs is 6. The van der Waals surface area contributed by atoms with E-state index >= 15 is 0 Å². The lowest BCUT2D eigenvalue weighted by Crippen LogP contribution is -2.38. The monoisotopic (exact) mass is 305 g/mol. The number of amides is 2. The minimum absolute atomic E-state index is 0.144. The average Bonchev–Trinajstić information content (AvgIpc) is 3.16. The first-order chi connectivity index (χ1) is 11.1. The van der Waals surface area contributed by atoms with Crippen molar-refractivity contribution in [3.05, 3.63) is 54.6 Å². The molecule has 0 aliphatic carbocycles. The van der Waals surface area contributed by atoms with E-state index in [4.69, 9.17) is 4.74 Å². The molecule has 5 rings (SSSR count). The molecule has 4 nitrogen and oxygen atoms in total. The number of hydrogen-bond donors (Lipinski definition) is 0. The quantitative estimate of drug-likeness (QED) is 0.601. The van der Waals surface area contributed by atoms with E-state index in [0.29, 0.717) is 5.69 Å². The highest BCUT2D eigenvalue weighted by Crippen LogP contribution is 2.52. The predicted octanol–water partition coefficient (Wildman–Crippen LogP) is 2.67. The van der Waals surface area contributed by atoms with Crippen molar-refractivity contribution in [2.24, 2.45) is 11.8 Å². The Bertz CT molecular complexity index is 897. The van der Waals surface area contributed by atoms with Gasteiger partial charge in [-0.25, -0.2) is 4.90 Å². The molecule has 2 aromatic carbocycles. The van der Waals surface area contributed by atoms with Crippen molar-refractivity contribution in [2.45, 2.75) is 18.6 Å². The molecule has 3 heterocycles. The van der Waals surface area contributed by atoms with Gasteiger partial charge in [-0.2, -0.15) is 0 Å². The van der Waals surface area contributed by atoms with Gasteiger partial charge in [0.1, 0.15) is 0 Å². The van der Waals surface area contributed by atoms with Gasteiger partial charge in [-0.1, -0.05) is 48.6 Å². The molecule has 114 valence electrons. The lowest BCUT2D eigenvalue weighted by atomic mass is 9.78. The summed E-state index contributed by atoms with van der Waals surface area (Å²) in [5.74, 6) is -1.10. The van der Waals surface area contributed by atoms with Crippen molar-refractivity contribution in [1.82, 2.24) is 0 Å². The summed E-state index contributed by atoms with van der Waals surface area (Å²) in [4.78, 5) is 27.4. The second-order valence-electron chi connectivity index (χ2n) is 6.64. The number of rotatable bonds is 1. The van der Waals surface area contributed by atoms with Crippen LogP contribution in [-0.2, 0) is 14.3 Å². The Morgan fingerprint density at radius 3 is 2.65 bits per heavy atom. The van der Waals surface area contributed by atoms with Crippen molar-refractivity contribution in [1.29, 1.82) is 0 Å². The van der Waals surface area contributed by atoms with Crippen LogP contribution in [0, 0.1) is 11.8 Å². The molecule has 3 aliphatic heterocycles. The third-order valence-corrected chi connectivity index (χ3v) is 5.34. The van der Waals surface area contributed by atoms with E-state index in [9.17, 15) is 9.59 Å². The number of carbonyl (C=O) groups is 2. The number of imide groups is 1. The summed E-state index contributed by atoms with van der Waals surface area (Å²) in [5.41, 5.74) is 0.0250. The van der Waals surface area contributed by atoms with Crippen molar-refractivity contribution in [2.75, 3.05) is 4.90 Å². The Kier molecular flexibility index (Phi) is 2.31. The number of carbonyl (C=O) groups excluding carboxylic acids is 2. The lowest BCUT2D eigenvalue weighted by molar-refractivity contribution is -0.126. The number of nitrogens with zero attached hydrogens (tertiary/aromatic N) is 1. The fraction of sp³-hybridized carbons (Fsp3) is 0.263. The largest absolute Gasteiger partial charge is 0.362 e. The molecule has 0 aromatic heterocycles. The maximum atomic E-state index is 13.0. The first-order valence-corrected chi connectivity index (χ1v) is 7.83. The van der Waals surface area contributed by atoms with Crippen LogP contribution in [0.2, 0.25) is 0 Å². The summed E-state index contributed by atoms with van der Waals surface area (Å²) in [6.45, 7) is 1.89. The zero-order valence-electron chi connectivity index (χ0n) is 12.6. The van der Waals surface area contributed by atoms with E-state index in [1.807, 2.05) is 61.5 Å². The van der Waals surface area contributed by atoms with Crippen LogP contribution in [0.1, 0.15) is 6.92 Å². The third-order valence-electron chi connectivity index (χ3n) is 5.34. The fourth-order valence-corrected chi connectivity index (χ4v) is 4.29.